The average molecular weight is 223 g/mol. The zero-order valence-corrected chi connectivity index (χ0v) is 11.1. The SMILES string of the molecule is C/C=C(/C)c1nc2c(s1)CCCC2.CC. The van der Waals surface area contributed by atoms with E-state index in [9.17, 15) is 0 Å². The fraction of sp³-hybridized carbons (Fsp3) is 0.615. The van der Waals surface area contributed by atoms with Gasteiger partial charge in [-0.25, -0.2) is 4.98 Å². The third-order valence-corrected chi connectivity index (χ3v) is 3.91. The van der Waals surface area contributed by atoms with Crippen molar-refractivity contribution in [3.8, 4) is 0 Å². The van der Waals surface area contributed by atoms with Crippen LogP contribution in [0, 0.1) is 0 Å². The van der Waals surface area contributed by atoms with Crippen LogP contribution in [0.5, 0.6) is 0 Å². The first-order valence-corrected chi connectivity index (χ1v) is 6.75. The molecule has 1 aliphatic carbocycles. The summed E-state index contributed by atoms with van der Waals surface area (Å²) in [6.45, 7) is 8.22. The lowest BCUT2D eigenvalue weighted by Gasteiger charge is -2.06. The van der Waals surface area contributed by atoms with E-state index in [1.807, 2.05) is 25.2 Å². The molecule has 84 valence electrons. The molecular formula is C13H21NS. The van der Waals surface area contributed by atoms with Gasteiger partial charge in [0.05, 0.1) is 5.69 Å². The van der Waals surface area contributed by atoms with Crippen molar-refractivity contribution in [3.63, 3.8) is 0 Å². The lowest BCUT2D eigenvalue weighted by molar-refractivity contribution is 0.682. The average Bonchev–Trinajstić information content (AvgIpc) is 2.74. The van der Waals surface area contributed by atoms with E-state index >= 15 is 0 Å². The molecule has 1 heterocycles. The van der Waals surface area contributed by atoms with E-state index in [0.29, 0.717) is 0 Å². The van der Waals surface area contributed by atoms with Crippen LogP contribution in [0.25, 0.3) is 5.57 Å². The van der Waals surface area contributed by atoms with Crippen LogP contribution >= 0.6 is 11.3 Å². The van der Waals surface area contributed by atoms with Gasteiger partial charge in [0.25, 0.3) is 0 Å². The topological polar surface area (TPSA) is 12.9 Å². The number of rotatable bonds is 1. The maximum atomic E-state index is 4.67. The maximum absolute atomic E-state index is 4.67. The molecule has 0 N–H and O–H groups in total. The Morgan fingerprint density at radius 2 is 1.93 bits per heavy atom. The van der Waals surface area contributed by atoms with E-state index in [-0.39, 0.29) is 0 Å². The first-order chi connectivity index (χ1) is 7.31. The third-order valence-electron chi connectivity index (χ3n) is 2.62. The second-order valence-electron chi connectivity index (χ2n) is 3.57. The van der Waals surface area contributed by atoms with Crippen LogP contribution in [-0.2, 0) is 12.8 Å². The maximum Gasteiger partial charge on any atom is 0.119 e. The van der Waals surface area contributed by atoms with Crippen molar-refractivity contribution in [2.45, 2.75) is 53.4 Å². The van der Waals surface area contributed by atoms with Crippen LogP contribution in [0.4, 0.5) is 0 Å². The van der Waals surface area contributed by atoms with Crippen molar-refractivity contribution in [1.29, 1.82) is 0 Å². The second-order valence-corrected chi connectivity index (χ2v) is 4.65. The van der Waals surface area contributed by atoms with E-state index in [0.717, 1.165) is 0 Å². The van der Waals surface area contributed by atoms with Gasteiger partial charge in [-0.05, 0) is 45.1 Å². The minimum atomic E-state index is 1.20. The fourth-order valence-electron chi connectivity index (χ4n) is 1.64. The Balaban J connectivity index is 0.000000531. The summed E-state index contributed by atoms with van der Waals surface area (Å²) in [6, 6.07) is 0. The lowest BCUT2D eigenvalue weighted by Crippen LogP contribution is -1.98. The number of thiazole rings is 1. The summed E-state index contributed by atoms with van der Waals surface area (Å²) in [6.07, 6.45) is 7.27. The van der Waals surface area contributed by atoms with Crippen molar-refractivity contribution < 1.29 is 0 Å². The highest BCUT2D eigenvalue weighted by molar-refractivity contribution is 7.12. The van der Waals surface area contributed by atoms with Crippen LogP contribution in [0.1, 0.15) is 56.1 Å². The molecule has 0 saturated carbocycles. The van der Waals surface area contributed by atoms with Crippen molar-refractivity contribution >= 4 is 16.9 Å². The predicted octanol–water partition coefficient (Wildman–Crippen LogP) is 4.47. The van der Waals surface area contributed by atoms with Crippen molar-refractivity contribution in [1.82, 2.24) is 4.98 Å². The molecule has 0 fully saturated rings. The Kier molecular flexibility index (Phi) is 5.03. The number of allylic oxidation sites excluding steroid dienone is 2. The first-order valence-electron chi connectivity index (χ1n) is 5.93. The van der Waals surface area contributed by atoms with Gasteiger partial charge in [0.15, 0.2) is 0 Å². The zero-order chi connectivity index (χ0) is 11.3. The largest absolute Gasteiger partial charge is 0.241 e. The Labute approximate surface area is 97.3 Å². The van der Waals surface area contributed by atoms with Gasteiger partial charge in [-0.1, -0.05) is 19.9 Å². The first kappa shape index (κ1) is 12.4. The Bertz CT molecular complexity index is 313. The summed E-state index contributed by atoms with van der Waals surface area (Å²) in [5, 5.41) is 1.23. The summed E-state index contributed by atoms with van der Waals surface area (Å²) < 4.78 is 0. The summed E-state index contributed by atoms with van der Waals surface area (Å²) in [5.74, 6) is 0. The van der Waals surface area contributed by atoms with E-state index in [1.54, 1.807) is 0 Å². The van der Waals surface area contributed by atoms with Gasteiger partial charge in [0.1, 0.15) is 5.01 Å². The van der Waals surface area contributed by atoms with Gasteiger partial charge in [0.2, 0.25) is 0 Å². The Morgan fingerprint density at radius 1 is 1.27 bits per heavy atom. The van der Waals surface area contributed by atoms with Crippen molar-refractivity contribution in [2.24, 2.45) is 0 Å². The smallest absolute Gasteiger partial charge is 0.119 e. The van der Waals surface area contributed by atoms with Gasteiger partial charge in [0, 0.05) is 4.88 Å². The summed E-state index contributed by atoms with van der Waals surface area (Å²) in [4.78, 5) is 6.20. The molecule has 0 aromatic carbocycles. The Hall–Kier alpha value is -0.630. The molecule has 15 heavy (non-hydrogen) atoms. The molecule has 0 atom stereocenters. The highest BCUT2D eigenvalue weighted by atomic mass is 32.1. The molecule has 0 radical (unpaired) electrons. The highest BCUT2D eigenvalue weighted by Crippen LogP contribution is 2.29. The molecule has 1 aromatic rings. The predicted molar refractivity (Wildman–Crippen MR) is 69.4 cm³/mol. The van der Waals surface area contributed by atoms with Crippen LogP contribution in [0.2, 0.25) is 0 Å². The van der Waals surface area contributed by atoms with E-state index in [2.05, 4.69) is 24.9 Å². The third kappa shape index (κ3) is 2.91. The van der Waals surface area contributed by atoms with Crippen LogP contribution < -0.4 is 0 Å². The van der Waals surface area contributed by atoms with Crippen molar-refractivity contribution in [2.75, 3.05) is 0 Å². The van der Waals surface area contributed by atoms with Gasteiger partial charge in [-0.2, -0.15) is 0 Å². The standard InChI is InChI=1S/C11H15NS.C2H6/c1-3-8(2)11-12-9-6-4-5-7-10(9)13-11;1-2/h3H,4-7H2,1-2H3;1-2H3/b8-3-;. The monoisotopic (exact) mass is 223 g/mol. The number of hydrogen-bond donors (Lipinski definition) is 0. The van der Waals surface area contributed by atoms with Crippen LogP contribution in [0.3, 0.4) is 0 Å². The zero-order valence-electron chi connectivity index (χ0n) is 10.3. The fourth-order valence-corrected chi connectivity index (χ4v) is 2.82. The lowest BCUT2D eigenvalue weighted by atomic mass is 10.0. The summed E-state index contributed by atoms with van der Waals surface area (Å²) in [7, 11) is 0. The molecule has 0 spiro atoms. The molecule has 1 nitrogen and oxygen atoms in total. The molecule has 0 amide bonds. The van der Waals surface area contributed by atoms with Gasteiger partial charge in [-0.3, -0.25) is 0 Å². The van der Waals surface area contributed by atoms with Gasteiger partial charge >= 0.3 is 0 Å². The Morgan fingerprint density at radius 3 is 2.53 bits per heavy atom. The molecule has 2 rings (SSSR count). The molecule has 0 bridgehead atoms. The van der Waals surface area contributed by atoms with E-state index < -0.39 is 0 Å². The quantitative estimate of drug-likeness (QED) is 0.684. The molecule has 0 saturated heterocycles. The molecule has 0 unspecified atom stereocenters. The van der Waals surface area contributed by atoms with E-state index in [4.69, 9.17) is 0 Å². The number of aryl methyl sites for hydroxylation is 2. The van der Waals surface area contributed by atoms with E-state index in [1.165, 1.54) is 46.8 Å². The number of hydrogen-bond acceptors (Lipinski definition) is 2. The minimum absolute atomic E-state index is 1.20. The van der Waals surface area contributed by atoms with Gasteiger partial charge in [-0.15, -0.1) is 11.3 Å². The summed E-state index contributed by atoms with van der Waals surface area (Å²) >= 11 is 1.89. The molecule has 1 aromatic heterocycles. The van der Waals surface area contributed by atoms with Crippen LogP contribution in [0.15, 0.2) is 6.08 Å². The minimum Gasteiger partial charge on any atom is -0.241 e. The summed E-state index contributed by atoms with van der Waals surface area (Å²) in [5.41, 5.74) is 2.69. The molecule has 0 aliphatic heterocycles. The number of aromatic nitrogens is 1. The molecule has 2 heteroatoms. The second kappa shape index (κ2) is 6.06. The molecule has 1 aliphatic rings. The number of nitrogens with zero attached hydrogens (tertiary/aromatic N) is 1. The molecular weight excluding hydrogens is 202 g/mol. The van der Waals surface area contributed by atoms with Crippen LogP contribution in [-0.4, -0.2) is 4.98 Å². The highest BCUT2D eigenvalue weighted by Gasteiger charge is 2.14. The normalized spacial score (nSPS) is 15.3. The number of fused-ring (bicyclic) bond motifs is 1. The van der Waals surface area contributed by atoms with Crippen molar-refractivity contribution in [3.05, 3.63) is 21.7 Å². The van der Waals surface area contributed by atoms with Gasteiger partial charge < -0.3 is 0 Å².